The first-order valence-electron chi connectivity index (χ1n) is 6.40. The molecule has 0 aliphatic rings. The Bertz CT molecular complexity index is 285. The minimum atomic E-state index is 0.238. The Morgan fingerprint density at radius 2 is 1.47 bits per heavy atom. The van der Waals surface area contributed by atoms with Crippen molar-refractivity contribution >= 4 is 0 Å². The van der Waals surface area contributed by atoms with Crippen molar-refractivity contribution in [1.29, 1.82) is 0 Å². The summed E-state index contributed by atoms with van der Waals surface area (Å²) in [5.74, 6) is 0. The third-order valence-electron chi connectivity index (χ3n) is 2.25. The molecule has 0 heterocycles. The van der Waals surface area contributed by atoms with Gasteiger partial charge < -0.3 is 11.1 Å². The summed E-state index contributed by atoms with van der Waals surface area (Å²) >= 11 is 0. The van der Waals surface area contributed by atoms with Gasteiger partial charge in [-0.2, -0.15) is 0 Å². The fourth-order valence-corrected chi connectivity index (χ4v) is 1.66. The Balaban J connectivity index is 4.38. The SMILES string of the molecule is C/C=C(/CC(C)(C)C)N/C=C(\N)CC(C)(C)C. The van der Waals surface area contributed by atoms with E-state index < -0.39 is 0 Å². The quantitative estimate of drug-likeness (QED) is 0.772. The molecule has 0 aromatic heterocycles. The average Bonchev–Trinajstić information content (AvgIpc) is 2.07. The van der Waals surface area contributed by atoms with Crippen LogP contribution in [0.1, 0.15) is 61.3 Å². The largest absolute Gasteiger partial charge is 0.401 e. The van der Waals surface area contributed by atoms with Gasteiger partial charge in [-0.05, 0) is 30.6 Å². The van der Waals surface area contributed by atoms with Crippen molar-refractivity contribution in [2.24, 2.45) is 16.6 Å². The molecule has 0 aromatic carbocycles. The molecule has 3 N–H and O–H groups in total. The topological polar surface area (TPSA) is 38.0 Å². The minimum absolute atomic E-state index is 0.238. The van der Waals surface area contributed by atoms with Crippen molar-refractivity contribution in [3.8, 4) is 0 Å². The van der Waals surface area contributed by atoms with E-state index in [0.717, 1.165) is 18.5 Å². The molecular weight excluding hydrogens is 208 g/mol. The molecule has 100 valence electrons. The molecule has 0 radical (unpaired) electrons. The summed E-state index contributed by atoms with van der Waals surface area (Å²) in [5.41, 5.74) is 8.67. The second-order valence-electron chi connectivity index (χ2n) is 7.15. The normalized spacial score (nSPS) is 15.0. The van der Waals surface area contributed by atoms with Crippen LogP contribution in [-0.2, 0) is 0 Å². The van der Waals surface area contributed by atoms with E-state index in [1.165, 1.54) is 5.70 Å². The third-order valence-corrected chi connectivity index (χ3v) is 2.25. The molecule has 0 fully saturated rings. The molecule has 0 aliphatic carbocycles. The Morgan fingerprint density at radius 1 is 1.00 bits per heavy atom. The van der Waals surface area contributed by atoms with E-state index in [4.69, 9.17) is 5.73 Å². The molecule has 2 nitrogen and oxygen atoms in total. The first-order valence-corrected chi connectivity index (χ1v) is 6.40. The van der Waals surface area contributed by atoms with Crippen LogP contribution in [0.5, 0.6) is 0 Å². The first-order chi connectivity index (χ1) is 7.53. The van der Waals surface area contributed by atoms with Crippen LogP contribution in [0.15, 0.2) is 23.7 Å². The fraction of sp³-hybridized carbons (Fsp3) is 0.733. The number of allylic oxidation sites excluding steroid dienone is 3. The van der Waals surface area contributed by atoms with Gasteiger partial charge >= 0.3 is 0 Å². The maximum Gasteiger partial charge on any atom is 0.0248 e. The molecule has 0 atom stereocenters. The summed E-state index contributed by atoms with van der Waals surface area (Å²) in [4.78, 5) is 0. The molecule has 2 heteroatoms. The van der Waals surface area contributed by atoms with Gasteiger partial charge in [-0.25, -0.2) is 0 Å². The number of hydrogen-bond acceptors (Lipinski definition) is 2. The fourth-order valence-electron chi connectivity index (χ4n) is 1.66. The van der Waals surface area contributed by atoms with Crippen LogP contribution in [0.3, 0.4) is 0 Å². The Kier molecular flexibility index (Phi) is 5.80. The van der Waals surface area contributed by atoms with Gasteiger partial charge in [0.25, 0.3) is 0 Å². The van der Waals surface area contributed by atoms with Crippen LogP contribution in [-0.4, -0.2) is 0 Å². The maximum atomic E-state index is 6.00. The van der Waals surface area contributed by atoms with Crippen molar-refractivity contribution in [3.63, 3.8) is 0 Å². The molecule has 0 saturated carbocycles. The zero-order valence-corrected chi connectivity index (χ0v) is 12.6. The Morgan fingerprint density at radius 3 is 1.82 bits per heavy atom. The average molecular weight is 238 g/mol. The van der Waals surface area contributed by atoms with E-state index in [1.54, 1.807) is 0 Å². The van der Waals surface area contributed by atoms with Gasteiger partial charge in [0.1, 0.15) is 0 Å². The summed E-state index contributed by atoms with van der Waals surface area (Å²) in [5, 5.41) is 3.32. The number of rotatable bonds is 4. The summed E-state index contributed by atoms with van der Waals surface area (Å²) in [7, 11) is 0. The lowest BCUT2D eigenvalue weighted by atomic mass is 9.90. The Hall–Kier alpha value is -0.920. The van der Waals surface area contributed by atoms with E-state index in [2.05, 4.69) is 59.9 Å². The minimum Gasteiger partial charge on any atom is -0.401 e. The summed E-state index contributed by atoms with van der Waals surface area (Å²) in [6.07, 6.45) is 5.99. The van der Waals surface area contributed by atoms with Crippen LogP contribution >= 0.6 is 0 Å². The van der Waals surface area contributed by atoms with E-state index in [9.17, 15) is 0 Å². The Labute approximate surface area is 107 Å². The lowest BCUT2D eigenvalue weighted by Crippen LogP contribution is -2.18. The molecule has 0 amide bonds. The van der Waals surface area contributed by atoms with Crippen molar-refractivity contribution in [1.82, 2.24) is 5.32 Å². The second-order valence-corrected chi connectivity index (χ2v) is 7.15. The highest BCUT2D eigenvalue weighted by Crippen LogP contribution is 2.23. The second kappa shape index (κ2) is 6.13. The van der Waals surface area contributed by atoms with Gasteiger partial charge in [0, 0.05) is 17.6 Å². The van der Waals surface area contributed by atoms with Crippen LogP contribution in [0.4, 0.5) is 0 Å². The van der Waals surface area contributed by atoms with Gasteiger partial charge in [-0.3, -0.25) is 0 Å². The lowest BCUT2D eigenvalue weighted by molar-refractivity contribution is 0.399. The molecular formula is C15H30N2. The van der Waals surface area contributed by atoms with Gasteiger partial charge in [0.05, 0.1) is 0 Å². The monoisotopic (exact) mass is 238 g/mol. The summed E-state index contributed by atoms with van der Waals surface area (Å²) in [6, 6.07) is 0. The summed E-state index contributed by atoms with van der Waals surface area (Å²) < 4.78 is 0. The number of nitrogens with one attached hydrogen (secondary N) is 1. The molecule has 0 aliphatic heterocycles. The zero-order valence-electron chi connectivity index (χ0n) is 12.6. The molecule has 0 unspecified atom stereocenters. The lowest BCUT2D eigenvalue weighted by Gasteiger charge is -2.21. The maximum absolute atomic E-state index is 6.00. The van der Waals surface area contributed by atoms with Gasteiger partial charge in [0.2, 0.25) is 0 Å². The van der Waals surface area contributed by atoms with Crippen molar-refractivity contribution < 1.29 is 0 Å². The van der Waals surface area contributed by atoms with Gasteiger partial charge in [-0.15, -0.1) is 0 Å². The van der Waals surface area contributed by atoms with Crippen molar-refractivity contribution in [3.05, 3.63) is 23.7 Å². The molecule has 0 aromatic rings. The highest BCUT2D eigenvalue weighted by Gasteiger charge is 2.13. The van der Waals surface area contributed by atoms with E-state index in [1.807, 2.05) is 6.20 Å². The predicted octanol–water partition coefficient (Wildman–Crippen LogP) is 4.15. The predicted molar refractivity (Wildman–Crippen MR) is 77.3 cm³/mol. The summed E-state index contributed by atoms with van der Waals surface area (Å²) in [6.45, 7) is 15.3. The van der Waals surface area contributed by atoms with E-state index in [-0.39, 0.29) is 5.41 Å². The number of hydrogen-bond donors (Lipinski definition) is 2. The third kappa shape index (κ3) is 9.98. The molecule has 0 saturated heterocycles. The molecule has 0 spiro atoms. The molecule has 0 bridgehead atoms. The molecule has 0 rings (SSSR count). The van der Waals surface area contributed by atoms with Crippen molar-refractivity contribution in [2.75, 3.05) is 0 Å². The highest BCUT2D eigenvalue weighted by molar-refractivity contribution is 5.08. The van der Waals surface area contributed by atoms with Gasteiger partial charge in [0.15, 0.2) is 0 Å². The molecule has 17 heavy (non-hydrogen) atoms. The smallest absolute Gasteiger partial charge is 0.0248 e. The number of nitrogens with two attached hydrogens (primary N) is 1. The zero-order chi connectivity index (χ0) is 13.7. The van der Waals surface area contributed by atoms with E-state index >= 15 is 0 Å². The van der Waals surface area contributed by atoms with Crippen LogP contribution < -0.4 is 11.1 Å². The standard InChI is InChI=1S/C15H30N2/c1-8-13(10-15(5,6)7)17-11-12(16)9-14(2,3)4/h8,11,17H,9-10,16H2,1-7H3/b12-11-,13-8-. The van der Waals surface area contributed by atoms with E-state index in [0.29, 0.717) is 5.41 Å². The highest BCUT2D eigenvalue weighted by atomic mass is 14.9. The van der Waals surface area contributed by atoms with Gasteiger partial charge in [-0.1, -0.05) is 47.6 Å². The first kappa shape index (κ1) is 16.1. The van der Waals surface area contributed by atoms with Crippen LogP contribution in [0.2, 0.25) is 0 Å². The van der Waals surface area contributed by atoms with Crippen LogP contribution in [0, 0.1) is 10.8 Å². The van der Waals surface area contributed by atoms with Crippen molar-refractivity contribution in [2.45, 2.75) is 61.3 Å². The van der Waals surface area contributed by atoms with Crippen LogP contribution in [0.25, 0.3) is 0 Å².